The van der Waals surface area contributed by atoms with Crippen molar-refractivity contribution in [2.75, 3.05) is 49.7 Å². The summed E-state index contributed by atoms with van der Waals surface area (Å²) in [5.41, 5.74) is 15.0. The van der Waals surface area contributed by atoms with Crippen LogP contribution in [0, 0.1) is 11.3 Å². The number of ether oxygens (including phenoxy) is 1. The van der Waals surface area contributed by atoms with Crippen molar-refractivity contribution in [3.63, 3.8) is 0 Å². The molecule has 0 aliphatic carbocycles. The van der Waals surface area contributed by atoms with Gasteiger partial charge in [0, 0.05) is 47.7 Å². The van der Waals surface area contributed by atoms with E-state index in [2.05, 4.69) is 16.0 Å². The molecule has 4 heterocycles. The summed E-state index contributed by atoms with van der Waals surface area (Å²) in [6.07, 6.45) is 0. The van der Waals surface area contributed by atoms with E-state index in [0.29, 0.717) is 52.5 Å². The summed E-state index contributed by atoms with van der Waals surface area (Å²) in [4.78, 5) is 23.8. The Balaban J connectivity index is 1.44. The number of carbonyl (C=O) groups excluding carboxylic acids is 1. The minimum Gasteiger partial charge on any atom is -0.497 e. The van der Waals surface area contributed by atoms with E-state index in [-0.39, 0.29) is 17.3 Å². The summed E-state index contributed by atoms with van der Waals surface area (Å²) in [6, 6.07) is 13.9. The number of hydrogen-bond acceptors (Lipinski definition) is 9. The summed E-state index contributed by atoms with van der Waals surface area (Å²) < 4.78 is 5.23. The predicted molar refractivity (Wildman–Crippen MR) is 138 cm³/mol. The number of pyridine rings is 1. The molecule has 1 aliphatic heterocycles. The van der Waals surface area contributed by atoms with Crippen molar-refractivity contribution in [2.45, 2.75) is 0 Å². The fourth-order valence-electron chi connectivity index (χ4n) is 4.21. The first-order valence-electron chi connectivity index (χ1n) is 10.7. The second kappa shape index (κ2) is 8.85. The highest BCUT2D eigenvalue weighted by Gasteiger charge is 2.29. The number of aromatic nitrogens is 1. The summed E-state index contributed by atoms with van der Waals surface area (Å²) >= 11 is 2.72. The van der Waals surface area contributed by atoms with E-state index in [1.807, 2.05) is 46.7 Å². The van der Waals surface area contributed by atoms with Gasteiger partial charge in [-0.2, -0.15) is 5.26 Å². The number of anilines is 3. The van der Waals surface area contributed by atoms with Crippen molar-refractivity contribution < 1.29 is 9.53 Å². The topological polar surface area (TPSA) is 121 Å². The molecule has 0 saturated carbocycles. The van der Waals surface area contributed by atoms with E-state index in [9.17, 15) is 10.1 Å². The number of fused-ring (bicyclic) bond motifs is 1. The lowest BCUT2D eigenvalue weighted by molar-refractivity contribution is 0.0752. The van der Waals surface area contributed by atoms with Crippen LogP contribution < -0.4 is 21.1 Å². The fraction of sp³-hybridized carbons (Fsp3) is 0.208. The Morgan fingerprint density at radius 1 is 1.15 bits per heavy atom. The van der Waals surface area contributed by atoms with Gasteiger partial charge in [0.15, 0.2) is 0 Å². The molecule has 0 atom stereocenters. The summed E-state index contributed by atoms with van der Waals surface area (Å²) in [5, 5.41) is 12.3. The Hall–Kier alpha value is -3.81. The number of benzene rings is 1. The Morgan fingerprint density at radius 2 is 1.88 bits per heavy atom. The number of methoxy groups -OCH3 is 1. The number of nitriles is 1. The van der Waals surface area contributed by atoms with Gasteiger partial charge in [0.2, 0.25) is 0 Å². The molecule has 0 bridgehead atoms. The average Bonchev–Trinajstić information content (AvgIpc) is 3.51. The zero-order valence-corrected chi connectivity index (χ0v) is 20.1. The lowest BCUT2D eigenvalue weighted by Crippen LogP contribution is -2.48. The highest BCUT2D eigenvalue weighted by molar-refractivity contribution is 7.21. The molecule has 34 heavy (non-hydrogen) atoms. The Bertz CT molecular complexity index is 1400. The summed E-state index contributed by atoms with van der Waals surface area (Å²) in [6.45, 7) is 2.59. The molecule has 0 radical (unpaired) electrons. The molecule has 0 unspecified atom stereocenters. The summed E-state index contributed by atoms with van der Waals surface area (Å²) in [7, 11) is 1.65. The molecular weight excluding hydrogens is 468 g/mol. The van der Waals surface area contributed by atoms with Gasteiger partial charge in [-0.25, -0.2) is 4.98 Å². The molecule has 4 aromatic rings. The molecule has 8 nitrogen and oxygen atoms in total. The molecule has 1 aromatic carbocycles. The number of hydrogen-bond donors (Lipinski definition) is 2. The number of nitrogen functional groups attached to an aromatic ring is 2. The van der Waals surface area contributed by atoms with Crippen LogP contribution in [0.15, 0.2) is 41.8 Å². The third-order valence-corrected chi connectivity index (χ3v) is 7.96. The molecule has 4 N–H and O–H groups in total. The first-order chi connectivity index (χ1) is 16.5. The second-order valence-electron chi connectivity index (χ2n) is 7.84. The lowest BCUT2D eigenvalue weighted by atomic mass is 10.0. The van der Waals surface area contributed by atoms with Crippen LogP contribution in [0.4, 0.5) is 17.2 Å². The molecule has 1 aliphatic rings. The molecule has 3 aromatic heterocycles. The average molecular weight is 491 g/mol. The zero-order chi connectivity index (χ0) is 23.8. The maximum Gasteiger partial charge on any atom is 0.266 e. The highest BCUT2D eigenvalue weighted by atomic mass is 32.1. The Kier molecular flexibility index (Phi) is 5.73. The minimum absolute atomic E-state index is 0.121. The molecule has 1 saturated heterocycles. The highest BCUT2D eigenvalue weighted by Crippen LogP contribution is 2.44. The van der Waals surface area contributed by atoms with Gasteiger partial charge in [-0.05, 0) is 35.7 Å². The smallest absolute Gasteiger partial charge is 0.266 e. The van der Waals surface area contributed by atoms with Crippen LogP contribution in [0.25, 0.3) is 20.7 Å². The SMILES string of the molecule is COc1ccc(N2CCN(C(=O)c3sc4nc(N)c(C#N)c(-c5cccs5)c4c3N)CC2)cc1. The van der Waals surface area contributed by atoms with Gasteiger partial charge in [-0.15, -0.1) is 22.7 Å². The first-order valence-corrected chi connectivity index (χ1v) is 12.3. The monoisotopic (exact) mass is 490 g/mol. The molecule has 1 amide bonds. The Morgan fingerprint density at radius 3 is 2.50 bits per heavy atom. The van der Waals surface area contributed by atoms with E-state index < -0.39 is 0 Å². The lowest BCUT2D eigenvalue weighted by Gasteiger charge is -2.36. The number of rotatable bonds is 4. The fourth-order valence-corrected chi connectivity index (χ4v) is 6.08. The van der Waals surface area contributed by atoms with Gasteiger partial charge in [0.1, 0.15) is 32.9 Å². The molecular formula is C24H22N6O2S2. The molecule has 0 spiro atoms. The third kappa shape index (κ3) is 3.69. The van der Waals surface area contributed by atoms with Crippen molar-refractivity contribution in [2.24, 2.45) is 0 Å². The van der Waals surface area contributed by atoms with Gasteiger partial charge in [-0.1, -0.05) is 6.07 Å². The van der Waals surface area contributed by atoms with Crippen LogP contribution in [0.1, 0.15) is 15.2 Å². The van der Waals surface area contributed by atoms with Crippen LogP contribution in [-0.2, 0) is 0 Å². The largest absolute Gasteiger partial charge is 0.497 e. The van der Waals surface area contributed by atoms with Crippen LogP contribution >= 0.6 is 22.7 Å². The van der Waals surface area contributed by atoms with E-state index in [1.165, 1.54) is 22.7 Å². The van der Waals surface area contributed by atoms with Gasteiger partial charge in [0.25, 0.3) is 5.91 Å². The minimum atomic E-state index is -0.121. The van der Waals surface area contributed by atoms with Crippen molar-refractivity contribution in [1.29, 1.82) is 5.26 Å². The van der Waals surface area contributed by atoms with Gasteiger partial charge in [0.05, 0.1) is 12.8 Å². The van der Waals surface area contributed by atoms with Crippen LogP contribution in [-0.4, -0.2) is 49.1 Å². The van der Waals surface area contributed by atoms with Gasteiger partial charge in [-0.3, -0.25) is 4.79 Å². The molecule has 172 valence electrons. The van der Waals surface area contributed by atoms with Crippen LogP contribution in [0.2, 0.25) is 0 Å². The summed E-state index contributed by atoms with van der Waals surface area (Å²) in [5.74, 6) is 0.837. The standard InChI is InChI=1S/C24H22N6O2S2/c1-32-15-6-4-14(5-7-15)29-8-10-30(11-9-29)24(31)21-20(26)19-18(17-3-2-12-33-17)16(13-25)22(27)28-23(19)34-21/h2-7,12H,8-11,26H2,1H3,(H2,27,28). The zero-order valence-electron chi connectivity index (χ0n) is 18.4. The number of carbonyl (C=O) groups is 1. The number of piperazine rings is 1. The van der Waals surface area contributed by atoms with Crippen molar-refractivity contribution in [3.8, 4) is 22.3 Å². The molecule has 10 heteroatoms. The quantitative estimate of drug-likeness (QED) is 0.443. The van der Waals surface area contributed by atoms with Gasteiger partial charge < -0.3 is 26.0 Å². The normalized spacial score (nSPS) is 13.8. The van der Waals surface area contributed by atoms with E-state index >= 15 is 0 Å². The predicted octanol–water partition coefficient (Wildman–Crippen LogP) is 4.03. The van der Waals surface area contributed by atoms with Crippen LogP contribution in [0.5, 0.6) is 5.75 Å². The number of nitrogens with zero attached hydrogens (tertiary/aromatic N) is 4. The third-order valence-electron chi connectivity index (χ3n) is 5.98. The molecule has 1 fully saturated rings. The van der Waals surface area contributed by atoms with E-state index in [0.717, 1.165) is 16.3 Å². The maximum absolute atomic E-state index is 13.5. The van der Waals surface area contributed by atoms with Crippen LogP contribution in [0.3, 0.4) is 0 Å². The number of thiophene rings is 2. The van der Waals surface area contributed by atoms with Crippen molar-refractivity contribution >= 4 is 56.0 Å². The molecule has 5 rings (SSSR count). The first kappa shape index (κ1) is 22.0. The second-order valence-corrected chi connectivity index (χ2v) is 9.79. The van der Waals surface area contributed by atoms with Gasteiger partial charge >= 0.3 is 0 Å². The number of amides is 1. The van der Waals surface area contributed by atoms with Crippen molar-refractivity contribution in [3.05, 3.63) is 52.2 Å². The number of nitrogens with two attached hydrogens (primary N) is 2. The Labute approximate surface area is 204 Å². The van der Waals surface area contributed by atoms with Crippen molar-refractivity contribution in [1.82, 2.24) is 9.88 Å². The van der Waals surface area contributed by atoms with E-state index in [4.69, 9.17) is 16.2 Å². The van der Waals surface area contributed by atoms with E-state index in [1.54, 1.807) is 7.11 Å². The maximum atomic E-state index is 13.5.